The number of benzene rings is 2. The number of amides is 1. The van der Waals surface area contributed by atoms with Gasteiger partial charge in [0.15, 0.2) is 0 Å². The molecule has 24 heavy (non-hydrogen) atoms. The number of ether oxygens (including phenoxy) is 1. The predicted octanol–water partition coefficient (Wildman–Crippen LogP) is 3.52. The predicted molar refractivity (Wildman–Crippen MR) is 94.8 cm³/mol. The van der Waals surface area contributed by atoms with E-state index in [9.17, 15) is 4.79 Å². The Morgan fingerprint density at radius 3 is 2.54 bits per heavy atom. The summed E-state index contributed by atoms with van der Waals surface area (Å²) >= 11 is 0. The van der Waals surface area contributed by atoms with Gasteiger partial charge in [-0.1, -0.05) is 54.6 Å². The molecule has 1 heterocycles. The van der Waals surface area contributed by atoms with E-state index >= 15 is 0 Å². The van der Waals surface area contributed by atoms with Crippen LogP contribution >= 0.6 is 0 Å². The smallest absolute Gasteiger partial charge is 0.272 e. The Bertz CT molecular complexity index is 818. The monoisotopic (exact) mass is 320 g/mol. The number of hydrogen-bond acceptors (Lipinski definition) is 3. The van der Waals surface area contributed by atoms with Crippen LogP contribution in [-0.4, -0.2) is 36.1 Å². The van der Waals surface area contributed by atoms with Crippen LogP contribution in [-0.2, 0) is 11.3 Å². The SMILES string of the molecule is COCCN(Cc1ccccc1)C(=O)c1ccc2ccccc2n1. The molecule has 0 unspecified atom stereocenters. The Kier molecular flexibility index (Phi) is 5.18. The standard InChI is InChI=1S/C20H20N2O2/c1-24-14-13-22(15-16-7-3-2-4-8-16)20(23)19-12-11-17-9-5-6-10-18(17)21-19/h2-12H,13-15H2,1H3. The highest BCUT2D eigenvalue weighted by molar-refractivity contribution is 5.94. The summed E-state index contributed by atoms with van der Waals surface area (Å²) in [6.07, 6.45) is 0. The summed E-state index contributed by atoms with van der Waals surface area (Å²) < 4.78 is 5.15. The molecule has 0 bridgehead atoms. The van der Waals surface area contributed by atoms with Crippen molar-refractivity contribution < 1.29 is 9.53 Å². The number of aromatic nitrogens is 1. The summed E-state index contributed by atoms with van der Waals surface area (Å²) in [4.78, 5) is 19.2. The molecule has 1 aromatic heterocycles. The number of fused-ring (bicyclic) bond motifs is 1. The number of nitrogens with zero attached hydrogens (tertiary/aromatic N) is 2. The third-order valence-electron chi connectivity index (χ3n) is 3.89. The zero-order chi connectivity index (χ0) is 16.8. The molecule has 3 aromatic rings. The molecule has 0 radical (unpaired) electrons. The van der Waals surface area contributed by atoms with E-state index in [0.29, 0.717) is 25.4 Å². The first-order valence-corrected chi connectivity index (χ1v) is 7.96. The molecule has 0 spiro atoms. The molecule has 3 rings (SSSR count). The molecule has 0 aliphatic carbocycles. The molecular weight excluding hydrogens is 300 g/mol. The minimum atomic E-state index is -0.0818. The molecular formula is C20H20N2O2. The lowest BCUT2D eigenvalue weighted by molar-refractivity contribution is 0.0675. The number of carbonyl (C=O) groups excluding carboxylic acids is 1. The highest BCUT2D eigenvalue weighted by atomic mass is 16.5. The average Bonchev–Trinajstić information content (AvgIpc) is 2.65. The van der Waals surface area contributed by atoms with Gasteiger partial charge in [0, 0.05) is 25.6 Å². The van der Waals surface area contributed by atoms with Crippen LogP contribution in [0, 0.1) is 0 Å². The summed E-state index contributed by atoms with van der Waals surface area (Å²) in [5, 5.41) is 1.03. The number of methoxy groups -OCH3 is 1. The van der Waals surface area contributed by atoms with Crippen molar-refractivity contribution in [3.8, 4) is 0 Å². The average molecular weight is 320 g/mol. The van der Waals surface area contributed by atoms with Crippen molar-refractivity contribution >= 4 is 16.8 Å². The lowest BCUT2D eigenvalue weighted by Crippen LogP contribution is -2.34. The van der Waals surface area contributed by atoms with Crippen molar-refractivity contribution in [1.29, 1.82) is 0 Å². The van der Waals surface area contributed by atoms with E-state index < -0.39 is 0 Å². The van der Waals surface area contributed by atoms with E-state index in [-0.39, 0.29) is 5.91 Å². The molecule has 0 fully saturated rings. The van der Waals surface area contributed by atoms with Crippen LogP contribution in [0.4, 0.5) is 0 Å². The van der Waals surface area contributed by atoms with E-state index in [1.165, 1.54) is 0 Å². The van der Waals surface area contributed by atoms with Gasteiger partial charge in [0.2, 0.25) is 0 Å². The molecule has 0 aliphatic heterocycles. The lowest BCUT2D eigenvalue weighted by Gasteiger charge is -2.22. The third kappa shape index (κ3) is 3.78. The fourth-order valence-corrected chi connectivity index (χ4v) is 2.60. The Morgan fingerprint density at radius 1 is 1.00 bits per heavy atom. The first kappa shape index (κ1) is 16.1. The van der Waals surface area contributed by atoms with Gasteiger partial charge in [-0.2, -0.15) is 0 Å². The van der Waals surface area contributed by atoms with Crippen LogP contribution < -0.4 is 0 Å². The number of hydrogen-bond donors (Lipinski definition) is 0. The van der Waals surface area contributed by atoms with Crippen LogP contribution in [0.1, 0.15) is 16.1 Å². The van der Waals surface area contributed by atoms with Crippen molar-refractivity contribution in [2.45, 2.75) is 6.54 Å². The molecule has 0 saturated heterocycles. The van der Waals surface area contributed by atoms with Crippen LogP contribution in [0.15, 0.2) is 66.7 Å². The minimum absolute atomic E-state index is 0.0818. The molecule has 0 atom stereocenters. The summed E-state index contributed by atoms with van der Waals surface area (Å²) in [6.45, 7) is 1.56. The topological polar surface area (TPSA) is 42.4 Å². The number of carbonyl (C=O) groups is 1. The highest BCUT2D eigenvalue weighted by Gasteiger charge is 2.17. The van der Waals surface area contributed by atoms with E-state index in [0.717, 1.165) is 16.5 Å². The van der Waals surface area contributed by atoms with Crippen LogP contribution in [0.5, 0.6) is 0 Å². The van der Waals surface area contributed by atoms with Crippen molar-refractivity contribution in [2.24, 2.45) is 0 Å². The number of pyridine rings is 1. The molecule has 0 saturated carbocycles. The second-order valence-electron chi connectivity index (χ2n) is 5.59. The summed E-state index contributed by atoms with van der Waals surface area (Å²) in [6, 6.07) is 21.5. The normalized spacial score (nSPS) is 10.7. The van der Waals surface area contributed by atoms with Crippen molar-refractivity contribution in [3.63, 3.8) is 0 Å². The van der Waals surface area contributed by atoms with Gasteiger partial charge in [0.05, 0.1) is 12.1 Å². The van der Waals surface area contributed by atoms with Gasteiger partial charge >= 0.3 is 0 Å². The minimum Gasteiger partial charge on any atom is -0.383 e. The van der Waals surface area contributed by atoms with Crippen LogP contribution in [0.2, 0.25) is 0 Å². The third-order valence-corrected chi connectivity index (χ3v) is 3.89. The van der Waals surface area contributed by atoms with Gasteiger partial charge in [0.25, 0.3) is 5.91 Å². The number of para-hydroxylation sites is 1. The Balaban J connectivity index is 1.85. The maximum absolute atomic E-state index is 12.9. The largest absolute Gasteiger partial charge is 0.383 e. The first-order chi connectivity index (χ1) is 11.8. The second kappa shape index (κ2) is 7.70. The van der Waals surface area contributed by atoms with Crippen LogP contribution in [0.25, 0.3) is 10.9 Å². The maximum Gasteiger partial charge on any atom is 0.272 e. The van der Waals surface area contributed by atoms with Gasteiger partial charge in [-0.15, -0.1) is 0 Å². The van der Waals surface area contributed by atoms with Gasteiger partial charge in [0.1, 0.15) is 5.69 Å². The Hall–Kier alpha value is -2.72. The fraction of sp³-hybridized carbons (Fsp3) is 0.200. The van der Waals surface area contributed by atoms with Gasteiger partial charge < -0.3 is 9.64 Å². The Labute approximate surface area is 141 Å². The molecule has 0 N–H and O–H groups in total. The fourth-order valence-electron chi connectivity index (χ4n) is 2.60. The highest BCUT2D eigenvalue weighted by Crippen LogP contribution is 2.14. The van der Waals surface area contributed by atoms with Crippen molar-refractivity contribution in [3.05, 3.63) is 78.0 Å². The summed E-state index contributed by atoms with van der Waals surface area (Å²) in [5.41, 5.74) is 2.37. The summed E-state index contributed by atoms with van der Waals surface area (Å²) in [7, 11) is 1.64. The molecule has 2 aromatic carbocycles. The van der Waals surface area contributed by atoms with Gasteiger partial charge in [-0.3, -0.25) is 4.79 Å². The first-order valence-electron chi connectivity index (χ1n) is 7.96. The van der Waals surface area contributed by atoms with Crippen molar-refractivity contribution in [1.82, 2.24) is 9.88 Å². The van der Waals surface area contributed by atoms with Crippen molar-refractivity contribution in [2.75, 3.05) is 20.3 Å². The molecule has 1 amide bonds. The second-order valence-corrected chi connectivity index (χ2v) is 5.59. The van der Waals surface area contributed by atoms with Crippen LogP contribution in [0.3, 0.4) is 0 Å². The number of rotatable bonds is 6. The molecule has 4 nitrogen and oxygen atoms in total. The summed E-state index contributed by atoms with van der Waals surface area (Å²) in [5.74, 6) is -0.0818. The van der Waals surface area contributed by atoms with Gasteiger partial charge in [-0.25, -0.2) is 4.98 Å². The van der Waals surface area contributed by atoms with E-state index in [1.54, 1.807) is 18.1 Å². The Morgan fingerprint density at radius 2 is 1.75 bits per heavy atom. The lowest BCUT2D eigenvalue weighted by atomic mass is 10.1. The maximum atomic E-state index is 12.9. The van der Waals surface area contributed by atoms with E-state index in [2.05, 4.69) is 4.98 Å². The molecule has 4 heteroatoms. The van der Waals surface area contributed by atoms with E-state index in [4.69, 9.17) is 4.74 Å². The molecule has 122 valence electrons. The quantitative estimate of drug-likeness (QED) is 0.698. The zero-order valence-electron chi connectivity index (χ0n) is 13.7. The zero-order valence-corrected chi connectivity index (χ0v) is 13.7. The van der Waals surface area contributed by atoms with Gasteiger partial charge in [-0.05, 0) is 17.7 Å². The van der Waals surface area contributed by atoms with E-state index in [1.807, 2.05) is 60.7 Å². The molecule has 0 aliphatic rings.